The lowest BCUT2D eigenvalue weighted by molar-refractivity contribution is 0.180. The number of hydrogen-bond acceptors (Lipinski definition) is 5. The van der Waals surface area contributed by atoms with Crippen molar-refractivity contribution in [2.75, 3.05) is 20.0 Å². The summed E-state index contributed by atoms with van der Waals surface area (Å²) in [4.78, 5) is 0. The minimum absolute atomic E-state index is 0.0840. The maximum atomic E-state index is 14.1. The van der Waals surface area contributed by atoms with E-state index in [1.807, 2.05) is 0 Å². The van der Waals surface area contributed by atoms with Gasteiger partial charge in [-0.15, -0.1) is 0 Å². The van der Waals surface area contributed by atoms with Gasteiger partial charge in [0.25, 0.3) is 0 Å². The van der Waals surface area contributed by atoms with Crippen LogP contribution in [0.3, 0.4) is 0 Å². The van der Waals surface area contributed by atoms with E-state index in [2.05, 4.69) is 5.16 Å². The number of hydrogen-bond donors (Lipinski definition) is 1. The second-order valence-corrected chi connectivity index (χ2v) is 3.67. The van der Waals surface area contributed by atoms with Crippen molar-refractivity contribution in [3.8, 4) is 17.1 Å². The Bertz CT molecular complexity index is 554. The van der Waals surface area contributed by atoms with Gasteiger partial charge in [0.15, 0.2) is 23.1 Å². The second-order valence-electron chi connectivity index (χ2n) is 3.67. The molecule has 1 aromatic heterocycles. The van der Waals surface area contributed by atoms with Crippen LogP contribution in [0.2, 0.25) is 0 Å². The molecule has 0 saturated heterocycles. The van der Waals surface area contributed by atoms with Crippen LogP contribution in [0.25, 0.3) is 11.3 Å². The van der Waals surface area contributed by atoms with E-state index in [0.717, 1.165) is 0 Å². The lowest BCUT2D eigenvalue weighted by atomic mass is 10.1. The average molecular weight is 252 g/mol. The lowest BCUT2D eigenvalue weighted by Crippen LogP contribution is -1.98. The Morgan fingerprint density at radius 3 is 2.72 bits per heavy atom. The van der Waals surface area contributed by atoms with Gasteiger partial charge in [-0.1, -0.05) is 11.2 Å². The molecule has 0 spiro atoms. The highest BCUT2D eigenvalue weighted by Crippen LogP contribution is 2.34. The van der Waals surface area contributed by atoms with Gasteiger partial charge in [-0.25, -0.2) is 4.39 Å². The molecule has 0 aliphatic heterocycles. The van der Waals surface area contributed by atoms with E-state index in [4.69, 9.17) is 19.7 Å². The van der Waals surface area contributed by atoms with Crippen molar-refractivity contribution in [2.24, 2.45) is 0 Å². The molecule has 2 rings (SSSR count). The molecule has 0 atom stereocenters. The molecule has 0 radical (unpaired) electrons. The fourth-order valence-electron chi connectivity index (χ4n) is 1.67. The number of nitrogens with two attached hydrogens (primary N) is 1. The number of aromatic nitrogens is 1. The van der Waals surface area contributed by atoms with Gasteiger partial charge < -0.3 is 19.7 Å². The molecule has 6 heteroatoms. The summed E-state index contributed by atoms with van der Waals surface area (Å²) in [6.45, 7) is 0.168. The summed E-state index contributed by atoms with van der Waals surface area (Å²) in [5.41, 5.74) is 6.33. The molecule has 18 heavy (non-hydrogen) atoms. The zero-order valence-corrected chi connectivity index (χ0v) is 10.1. The van der Waals surface area contributed by atoms with Crippen LogP contribution >= 0.6 is 0 Å². The Balaban J connectivity index is 2.52. The zero-order valence-electron chi connectivity index (χ0n) is 10.1. The highest BCUT2D eigenvalue weighted by molar-refractivity contribution is 5.68. The van der Waals surface area contributed by atoms with Gasteiger partial charge in [0.2, 0.25) is 0 Å². The third-order valence-electron chi connectivity index (χ3n) is 2.47. The van der Waals surface area contributed by atoms with Gasteiger partial charge in [0.1, 0.15) is 0 Å². The standard InChI is InChI=1S/C12H13FN2O3/c1-16-6-7-3-4-8(12(17-2)11(7)13)9-5-10(14)15-18-9/h3-5H,6H2,1-2H3,(H2,14,15). The number of methoxy groups -OCH3 is 2. The Hall–Kier alpha value is -2.08. The fraction of sp³-hybridized carbons (Fsp3) is 0.250. The minimum atomic E-state index is -0.480. The molecule has 1 heterocycles. The van der Waals surface area contributed by atoms with Crippen LogP contribution in [0, 0.1) is 5.82 Å². The van der Waals surface area contributed by atoms with Crippen molar-refractivity contribution >= 4 is 5.82 Å². The van der Waals surface area contributed by atoms with Crippen molar-refractivity contribution in [2.45, 2.75) is 6.61 Å². The Labute approximate surface area is 103 Å². The van der Waals surface area contributed by atoms with Gasteiger partial charge in [-0.05, 0) is 6.07 Å². The van der Waals surface area contributed by atoms with Crippen molar-refractivity contribution in [1.82, 2.24) is 5.16 Å². The molecule has 0 saturated carbocycles. The SMILES string of the molecule is COCc1ccc(-c2cc(N)no2)c(OC)c1F. The van der Waals surface area contributed by atoms with E-state index in [9.17, 15) is 4.39 Å². The molecule has 0 bridgehead atoms. The van der Waals surface area contributed by atoms with Gasteiger partial charge in [-0.3, -0.25) is 0 Å². The molecular formula is C12H13FN2O3. The predicted molar refractivity (Wildman–Crippen MR) is 63.6 cm³/mol. The lowest BCUT2D eigenvalue weighted by Gasteiger charge is -2.10. The normalized spacial score (nSPS) is 10.6. The molecule has 0 aliphatic carbocycles. The maximum Gasteiger partial charge on any atom is 0.172 e. The molecule has 0 fully saturated rings. The van der Waals surface area contributed by atoms with E-state index in [1.54, 1.807) is 12.1 Å². The first-order valence-electron chi connectivity index (χ1n) is 5.24. The van der Waals surface area contributed by atoms with Crippen LogP contribution < -0.4 is 10.5 Å². The number of ether oxygens (including phenoxy) is 2. The topological polar surface area (TPSA) is 70.5 Å². The van der Waals surface area contributed by atoms with Crippen LogP contribution in [-0.4, -0.2) is 19.4 Å². The van der Waals surface area contributed by atoms with Crippen LogP contribution in [0.1, 0.15) is 5.56 Å². The Morgan fingerprint density at radius 1 is 1.39 bits per heavy atom. The molecule has 0 aliphatic rings. The van der Waals surface area contributed by atoms with Crippen LogP contribution in [0.4, 0.5) is 10.2 Å². The van der Waals surface area contributed by atoms with Crippen LogP contribution in [0.15, 0.2) is 22.7 Å². The molecule has 5 nitrogen and oxygen atoms in total. The predicted octanol–water partition coefficient (Wildman–Crippen LogP) is 2.22. The van der Waals surface area contributed by atoms with E-state index < -0.39 is 5.82 Å². The molecule has 96 valence electrons. The summed E-state index contributed by atoms with van der Waals surface area (Å²) >= 11 is 0. The first-order valence-corrected chi connectivity index (χ1v) is 5.24. The number of benzene rings is 1. The van der Waals surface area contributed by atoms with Gasteiger partial charge in [0.05, 0.1) is 19.3 Å². The molecular weight excluding hydrogens is 239 g/mol. The summed E-state index contributed by atoms with van der Waals surface area (Å²) in [5, 5.41) is 3.56. The monoisotopic (exact) mass is 252 g/mol. The summed E-state index contributed by atoms with van der Waals surface area (Å²) in [6, 6.07) is 4.79. The maximum absolute atomic E-state index is 14.1. The van der Waals surface area contributed by atoms with Gasteiger partial charge >= 0.3 is 0 Å². The van der Waals surface area contributed by atoms with E-state index >= 15 is 0 Å². The third kappa shape index (κ3) is 2.14. The Kier molecular flexibility index (Phi) is 3.47. The van der Waals surface area contributed by atoms with E-state index in [-0.39, 0.29) is 18.2 Å². The first kappa shape index (κ1) is 12.4. The number of halogens is 1. The molecule has 2 aromatic rings. The van der Waals surface area contributed by atoms with Crippen molar-refractivity contribution < 1.29 is 18.4 Å². The van der Waals surface area contributed by atoms with E-state index in [1.165, 1.54) is 20.3 Å². The summed E-state index contributed by atoms with van der Waals surface area (Å²) < 4.78 is 29.1. The number of rotatable bonds is 4. The summed E-state index contributed by atoms with van der Waals surface area (Å²) in [5.74, 6) is 0.188. The highest BCUT2D eigenvalue weighted by Gasteiger charge is 2.18. The van der Waals surface area contributed by atoms with Crippen molar-refractivity contribution in [1.29, 1.82) is 0 Å². The number of nitrogens with zero attached hydrogens (tertiary/aromatic N) is 1. The fourth-order valence-corrected chi connectivity index (χ4v) is 1.67. The van der Waals surface area contributed by atoms with Crippen molar-refractivity contribution in [3.63, 3.8) is 0 Å². The molecule has 0 amide bonds. The number of nitrogen functional groups attached to an aromatic ring is 1. The quantitative estimate of drug-likeness (QED) is 0.903. The number of anilines is 1. The second kappa shape index (κ2) is 5.05. The van der Waals surface area contributed by atoms with Gasteiger partial charge in [-0.2, -0.15) is 0 Å². The van der Waals surface area contributed by atoms with Crippen LogP contribution in [0.5, 0.6) is 5.75 Å². The minimum Gasteiger partial charge on any atom is -0.493 e. The van der Waals surface area contributed by atoms with Gasteiger partial charge in [0, 0.05) is 18.7 Å². The third-order valence-corrected chi connectivity index (χ3v) is 2.47. The largest absolute Gasteiger partial charge is 0.493 e. The van der Waals surface area contributed by atoms with E-state index in [0.29, 0.717) is 16.9 Å². The summed E-state index contributed by atoms with van der Waals surface area (Å²) in [7, 11) is 2.88. The highest BCUT2D eigenvalue weighted by atomic mass is 19.1. The molecule has 1 aromatic carbocycles. The average Bonchev–Trinajstić information content (AvgIpc) is 2.78. The smallest absolute Gasteiger partial charge is 0.172 e. The Morgan fingerprint density at radius 2 is 2.17 bits per heavy atom. The zero-order chi connectivity index (χ0) is 13.1. The summed E-state index contributed by atoms with van der Waals surface area (Å²) in [6.07, 6.45) is 0. The van der Waals surface area contributed by atoms with Crippen LogP contribution in [-0.2, 0) is 11.3 Å². The molecule has 2 N–H and O–H groups in total. The van der Waals surface area contributed by atoms with Crippen molar-refractivity contribution in [3.05, 3.63) is 29.6 Å². The first-order chi connectivity index (χ1) is 8.67. The molecule has 0 unspecified atom stereocenters.